The zero-order chi connectivity index (χ0) is 18.9. The maximum absolute atomic E-state index is 5.91. The zero-order valence-corrected chi connectivity index (χ0v) is 16.8. The van der Waals surface area contributed by atoms with E-state index in [2.05, 4.69) is 48.8 Å². The third-order valence-electron chi connectivity index (χ3n) is 5.74. The smallest absolute Gasteiger partial charge is 0.0406 e. The Morgan fingerprint density at radius 2 is 1.33 bits per heavy atom. The minimum absolute atomic E-state index is 0.746. The summed E-state index contributed by atoms with van der Waals surface area (Å²) in [6.07, 6.45) is 12.7. The Labute approximate surface area is 169 Å². The fourth-order valence-corrected chi connectivity index (χ4v) is 4.09. The largest absolute Gasteiger partial charge is 0.103 e. The molecule has 0 heterocycles. The van der Waals surface area contributed by atoms with Gasteiger partial charge >= 0.3 is 0 Å². The highest BCUT2D eigenvalue weighted by Gasteiger charge is 2.20. The molecule has 1 aliphatic rings. The predicted molar refractivity (Wildman–Crippen MR) is 117 cm³/mol. The van der Waals surface area contributed by atoms with Gasteiger partial charge in [0.05, 0.1) is 0 Å². The van der Waals surface area contributed by atoms with Crippen LogP contribution in [0.25, 0.3) is 0 Å². The minimum atomic E-state index is 0.746. The van der Waals surface area contributed by atoms with Crippen molar-refractivity contribution < 1.29 is 0 Å². The number of benzene rings is 2. The van der Waals surface area contributed by atoms with Crippen LogP contribution in [0.15, 0.2) is 61.2 Å². The van der Waals surface area contributed by atoms with Gasteiger partial charge in [-0.05, 0) is 79.5 Å². The molecule has 3 rings (SSSR count). The van der Waals surface area contributed by atoms with E-state index in [9.17, 15) is 0 Å². The number of halogens is 1. The molecule has 1 saturated carbocycles. The summed E-state index contributed by atoms with van der Waals surface area (Å²) in [7, 11) is 0. The Morgan fingerprint density at radius 3 is 1.89 bits per heavy atom. The lowest BCUT2D eigenvalue weighted by Gasteiger charge is -2.28. The molecule has 27 heavy (non-hydrogen) atoms. The van der Waals surface area contributed by atoms with Crippen LogP contribution in [0.5, 0.6) is 0 Å². The molecular formula is C26H29Cl. The quantitative estimate of drug-likeness (QED) is 0.363. The predicted octanol–water partition coefficient (Wildman–Crippen LogP) is 7.45. The number of allylic oxidation sites excluding steroid dienone is 1. The number of aryl methyl sites for hydroxylation is 1. The van der Waals surface area contributed by atoms with Crippen LogP contribution < -0.4 is 0 Å². The first-order valence-electron chi connectivity index (χ1n) is 10.2. The SMILES string of the molecule is C=CCCC1CCC(CCc2ccc(C#Cc3ccc(Cl)cc3)cc2)CC1. The molecule has 1 heteroatoms. The number of hydrogen-bond donors (Lipinski definition) is 0. The van der Waals surface area contributed by atoms with Crippen molar-refractivity contribution in [2.24, 2.45) is 11.8 Å². The molecule has 0 aromatic heterocycles. The number of rotatable bonds is 6. The molecule has 0 unspecified atom stereocenters. The van der Waals surface area contributed by atoms with Crippen molar-refractivity contribution in [1.29, 1.82) is 0 Å². The summed E-state index contributed by atoms with van der Waals surface area (Å²) in [6.45, 7) is 3.85. The van der Waals surface area contributed by atoms with Gasteiger partial charge in [0.1, 0.15) is 0 Å². The van der Waals surface area contributed by atoms with Gasteiger partial charge < -0.3 is 0 Å². The van der Waals surface area contributed by atoms with E-state index in [0.29, 0.717) is 0 Å². The van der Waals surface area contributed by atoms with Gasteiger partial charge in [-0.1, -0.05) is 67.3 Å². The van der Waals surface area contributed by atoms with Crippen LogP contribution in [0.2, 0.25) is 5.02 Å². The fraction of sp³-hybridized carbons (Fsp3) is 0.385. The molecule has 0 atom stereocenters. The first-order chi connectivity index (χ1) is 13.2. The van der Waals surface area contributed by atoms with Gasteiger partial charge in [0.25, 0.3) is 0 Å². The van der Waals surface area contributed by atoms with Gasteiger partial charge in [0.15, 0.2) is 0 Å². The molecule has 2 aromatic rings. The maximum Gasteiger partial charge on any atom is 0.0406 e. The highest BCUT2D eigenvalue weighted by Crippen LogP contribution is 2.33. The van der Waals surface area contributed by atoms with Crippen molar-refractivity contribution in [1.82, 2.24) is 0 Å². The van der Waals surface area contributed by atoms with E-state index in [-0.39, 0.29) is 0 Å². The van der Waals surface area contributed by atoms with Gasteiger partial charge in [-0.15, -0.1) is 6.58 Å². The lowest BCUT2D eigenvalue weighted by atomic mass is 9.78. The van der Waals surface area contributed by atoms with Crippen LogP contribution in [0.4, 0.5) is 0 Å². The van der Waals surface area contributed by atoms with Crippen LogP contribution in [0.1, 0.15) is 61.6 Å². The minimum Gasteiger partial charge on any atom is -0.103 e. The van der Waals surface area contributed by atoms with Crippen molar-refractivity contribution in [3.05, 3.63) is 82.9 Å². The molecule has 0 saturated heterocycles. The average Bonchev–Trinajstić information content (AvgIpc) is 2.72. The molecule has 1 fully saturated rings. The Balaban J connectivity index is 1.45. The Kier molecular flexibility index (Phi) is 7.61. The molecule has 1 aliphatic carbocycles. The monoisotopic (exact) mass is 376 g/mol. The Morgan fingerprint density at radius 1 is 0.815 bits per heavy atom. The topological polar surface area (TPSA) is 0 Å². The zero-order valence-electron chi connectivity index (χ0n) is 16.1. The lowest BCUT2D eigenvalue weighted by Crippen LogP contribution is -2.15. The molecule has 0 amide bonds. The second-order valence-corrected chi connectivity index (χ2v) is 8.18. The van der Waals surface area contributed by atoms with Crippen LogP contribution in [-0.4, -0.2) is 0 Å². The van der Waals surface area contributed by atoms with Crippen molar-refractivity contribution >= 4 is 11.6 Å². The first kappa shape index (κ1) is 19.8. The van der Waals surface area contributed by atoms with E-state index < -0.39 is 0 Å². The summed E-state index contributed by atoms with van der Waals surface area (Å²) in [5.41, 5.74) is 3.49. The molecule has 0 nitrogen and oxygen atoms in total. The first-order valence-corrected chi connectivity index (χ1v) is 10.6. The van der Waals surface area contributed by atoms with Crippen molar-refractivity contribution in [3.63, 3.8) is 0 Å². The van der Waals surface area contributed by atoms with E-state index in [0.717, 1.165) is 28.0 Å². The summed E-state index contributed by atoms with van der Waals surface area (Å²) < 4.78 is 0. The molecule has 0 bridgehead atoms. The molecule has 0 N–H and O–H groups in total. The average molecular weight is 377 g/mol. The third kappa shape index (κ3) is 6.60. The van der Waals surface area contributed by atoms with Crippen LogP contribution in [-0.2, 0) is 6.42 Å². The number of hydrogen-bond acceptors (Lipinski definition) is 0. The van der Waals surface area contributed by atoms with Crippen molar-refractivity contribution in [3.8, 4) is 11.8 Å². The van der Waals surface area contributed by atoms with Gasteiger partial charge in [-0.2, -0.15) is 0 Å². The van der Waals surface area contributed by atoms with E-state index in [1.165, 1.54) is 56.9 Å². The summed E-state index contributed by atoms with van der Waals surface area (Å²) in [5.74, 6) is 8.28. The van der Waals surface area contributed by atoms with Crippen LogP contribution in [0, 0.1) is 23.7 Å². The van der Waals surface area contributed by atoms with Gasteiger partial charge in [-0.3, -0.25) is 0 Å². The van der Waals surface area contributed by atoms with Crippen molar-refractivity contribution in [2.45, 2.75) is 51.4 Å². The molecular weight excluding hydrogens is 348 g/mol. The fourth-order valence-electron chi connectivity index (χ4n) is 3.97. The van der Waals surface area contributed by atoms with Gasteiger partial charge in [-0.25, -0.2) is 0 Å². The third-order valence-corrected chi connectivity index (χ3v) is 5.99. The van der Waals surface area contributed by atoms with Gasteiger partial charge in [0, 0.05) is 16.1 Å². The Hall–Kier alpha value is -1.97. The summed E-state index contributed by atoms with van der Waals surface area (Å²) in [6, 6.07) is 16.4. The normalized spacial score (nSPS) is 19.1. The standard InChI is InChI=1S/C26H29Cl/c1-2-3-4-21-5-7-22(8-6-21)9-10-23-11-13-24(14-12-23)15-16-25-17-19-26(27)20-18-25/h2,11-14,17-22H,1,3-10H2. The maximum atomic E-state index is 5.91. The summed E-state index contributed by atoms with van der Waals surface area (Å²) >= 11 is 5.91. The van der Waals surface area contributed by atoms with E-state index in [1.54, 1.807) is 0 Å². The lowest BCUT2D eigenvalue weighted by molar-refractivity contribution is 0.254. The van der Waals surface area contributed by atoms with Crippen LogP contribution in [0.3, 0.4) is 0 Å². The Bertz CT molecular complexity index is 766. The molecule has 0 aliphatic heterocycles. The summed E-state index contributed by atoms with van der Waals surface area (Å²) in [4.78, 5) is 0. The molecule has 2 aromatic carbocycles. The van der Waals surface area contributed by atoms with E-state index in [1.807, 2.05) is 24.3 Å². The second-order valence-electron chi connectivity index (χ2n) is 7.75. The molecule has 0 radical (unpaired) electrons. The molecule has 0 spiro atoms. The van der Waals surface area contributed by atoms with Gasteiger partial charge in [0.2, 0.25) is 0 Å². The van der Waals surface area contributed by atoms with E-state index >= 15 is 0 Å². The highest BCUT2D eigenvalue weighted by molar-refractivity contribution is 6.30. The highest BCUT2D eigenvalue weighted by atomic mass is 35.5. The van der Waals surface area contributed by atoms with Crippen molar-refractivity contribution in [2.75, 3.05) is 0 Å². The second kappa shape index (κ2) is 10.4. The summed E-state index contributed by atoms with van der Waals surface area (Å²) in [5, 5.41) is 0.746. The van der Waals surface area contributed by atoms with Crippen LogP contribution >= 0.6 is 11.6 Å². The van der Waals surface area contributed by atoms with E-state index in [4.69, 9.17) is 11.6 Å². The molecule has 140 valence electrons.